The number of carboxylic acid groups (broad SMARTS) is 1. The topological polar surface area (TPSA) is 57.7 Å². The van der Waals surface area contributed by atoms with Gasteiger partial charge in [-0.3, -0.25) is 0 Å². The zero-order chi connectivity index (χ0) is 13.9. The minimum atomic E-state index is -1.22. The van der Waals surface area contributed by atoms with Crippen molar-refractivity contribution >= 4 is 16.9 Å². The Hall–Kier alpha value is -1.81. The number of rotatable bonds is 3. The molecular weight excluding hydrogens is 254 g/mol. The van der Waals surface area contributed by atoms with Gasteiger partial charge in [0.1, 0.15) is 18.1 Å². The molecule has 1 N–H and O–H groups in total. The van der Waals surface area contributed by atoms with Crippen LogP contribution in [0.1, 0.15) is 41.8 Å². The Labute approximate surface area is 118 Å². The minimum Gasteiger partial charge on any atom is -0.542 e. The molecule has 1 aromatic heterocycles. The fourth-order valence-corrected chi connectivity index (χ4v) is 3.09. The first-order chi connectivity index (χ1) is 9.75. The Morgan fingerprint density at radius 2 is 1.85 bits per heavy atom. The molecule has 20 heavy (non-hydrogen) atoms. The molecule has 1 aliphatic rings. The summed E-state index contributed by atoms with van der Waals surface area (Å²) in [4.78, 5) is 12.7. The second kappa shape index (κ2) is 5.67. The number of aromatic carboxylic acids is 1. The van der Waals surface area contributed by atoms with Gasteiger partial charge in [-0.25, -0.2) is 0 Å². The van der Waals surface area contributed by atoms with Crippen LogP contribution in [0.4, 0.5) is 0 Å². The predicted octanol–water partition coefficient (Wildman–Crippen LogP) is 0.755. The first-order valence-electron chi connectivity index (χ1n) is 7.31. The van der Waals surface area contributed by atoms with Crippen LogP contribution in [0.5, 0.6) is 0 Å². The van der Waals surface area contributed by atoms with Gasteiger partial charge >= 0.3 is 0 Å². The van der Waals surface area contributed by atoms with E-state index < -0.39 is 5.97 Å². The van der Waals surface area contributed by atoms with E-state index >= 15 is 0 Å². The molecule has 1 aromatic carbocycles. The number of carbonyl (C=O) groups is 1. The maximum atomic E-state index is 11.3. The standard InChI is InChI=1S/C16H19NO3/c18-16(19)15-13(11-17-9-5-1-2-6-10-17)12-7-3-4-8-14(12)20-15/h3-4,7-8H,1-2,5-6,9-11H2,(H,18,19). The van der Waals surface area contributed by atoms with Gasteiger partial charge in [-0.15, -0.1) is 0 Å². The number of hydrogen-bond acceptors (Lipinski definition) is 3. The fourth-order valence-electron chi connectivity index (χ4n) is 3.09. The van der Waals surface area contributed by atoms with Crippen molar-refractivity contribution in [1.82, 2.24) is 0 Å². The molecule has 0 aliphatic carbocycles. The molecule has 1 fully saturated rings. The van der Waals surface area contributed by atoms with E-state index in [9.17, 15) is 9.90 Å². The van der Waals surface area contributed by atoms with Gasteiger partial charge in [0.2, 0.25) is 0 Å². The summed E-state index contributed by atoms with van der Waals surface area (Å²) in [6.07, 6.45) is 4.99. The third-order valence-electron chi connectivity index (χ3n) is 4.12. The molecule has 106 valence electrons. The third kappa shape index (κ3) is 2.56. The zero-order valence-corrected chi connectivity index (χ0v) is 11.5. The van der Waals surface area contributed by atoms with E-state index in [-0.39, 0.29) is 5.76 Å². The second-order valence-electron chi connectivity index (χ2n) is 5.53. The van der Waals surface area contributed by atoms with Crippen molar-refractivity contribution < 1.29 is 19.2 Å². The molecule has 0 saturated carbocycles. The average Bonchev–Trinajstić information content (AvgIpc) is 2.62. The Kier molecular flexibility index (Phi) is 3.74. The lowest BCUT2D eigenvalue weighted by molar-refractivity contribution is -0.913. The number of benzene rings is 1. The minimum absolute atomic E-state index is 0.00273. The molecule has 0 atom stereocenters. The molecule has 1 saturated heterocycles. The smallest absolute Gasteiger partial charge is 0.159 e. The average molecular weight is 273 g/mol. The quantitative estimate of drug-likeness (QED) is 0.898. The summed E-state index contributed by atoms with van der Waals surface area (Å²) in [5.74, 6) is -1.21. The van der Waals surface area contributed by atoms with Gasteiger partial charge < -0.3 is 19.2 Å². The maximum absolute atomic E-state index is 11.3. The van der Waals surface area contributed by atoms with Gasteiger partial charge in [0, 0.05) is 5.39 Å². The highest BCUT2D eigenvalue weighted by atomic mass is 16.4. The molecular formula is C16H19NO3. The molecule has 0 unspecified atom stereocenters. The lowest BCUT2D eigenvalue weighted by Crippen LogP contribution is -3.10. The van der Waals surface area contributed by atoms with Crippen LogP contribution in [0.3, 0.4) is 0 Å². The fraction of sp³-hybridized carbons (Fsp3) is 0.438. The van der Waals surface area contributed by atoms with Crippen LogP contribution >= 0.6 is 0 Å². The van der Waals surface area contributed by atoms with E-state index in [2.05, 4.69) is 0 Å². The van der Waals surface area contributed by atoms with E-state index in [0.29, 0.717) is 12.1 Å². The van der Waals surface area contributed by atoms with Crippen molar-refractivity contribution in [2.45, 2.75) is 32.2 Å². The largest absolute Gasteiger partial charge is 0.542 e. The number of quaternary nitrogens is 1. The van der Waals surface area contributed by atoms with Gasteiger partial charge in [-0.2, -0.15) is 0 Å². The summed E-state index contributed by atoms with van der Waals surface area (Å²) in [7, 11) is 0. The van der Waals surface area contributed by atoms with Crippen LogP contribution in [-0.4, -0.2) is 19.1 Å². The molecule has 0 spiro atoms. The first kappa shape index (κ1) is 13.2. The van der Waals surface area contributed by atoms with Crippen molar-refractivity contribution in [3.8, 4) is 0 Å². The van der Waals surface area contributed by atoms with Crippen LogP contribution in [0, 0.1) is 0 Å². The van der Waals surface area contributed by atoms with E-state index in [4.69, 9.17) is 4.42 Å². The van der Waals surface area contributed by atoms with Crippen LogP contribution in [-0.2, 0) is 6.54 Å². The molecule has 0 bridgehead atoms. The zero-order valence-electron chi connectivity index (χ0n) is 11.5. The van der Waals surface area contributed by atoms with Crippen molar-refractivity contribution in [2.24, 2.45) is 0 Å². The molecule has 3 rings (SSSR count). The monoisotopic (exact) mass is 273 g/mol. The van der Waals surface area contributed by atoms with Gasteiger partial charge in [0.25, 0.3) is 0 Å². The number of likely N-dealkylation sites (tertiary alicyclic amines) is 1. The number of furan rings is 1. The summed E-state index contributed by atoms with van der Waals surface area (Å²) in [5, 5.41) is 12.2. The Morgan fingerprint density at radius 1 is 1.15 bits per heavy atom. The number of para-hydroxylation sites is 1. The van der Waals surface area contributed by atoms with E-state index in [1.165, 1.54) is 30.6 Å². The summed E-state index contributed by atoms with van der Waals surface area (Å²) >= 11 is 0. The molecule has 0 amide bonds. The number of carbonyl (C=O) groups excluding carboxylic acids is 1. The SMILES string of the molecule is O=C([O-])c1oc2ccccc2c1C[NH+]1CCCCCC1. The molecule has 4 nitrogen and oxygen atoms in total. The van der Waals surface area contributed by atoms with E-state index in [1.54, 1.807) is 0 Å². The predicted molar refractivity (Wildman–Crippen MR) is 73.4 cm³/mol. The van der Waals surface area contributed by atoms with Crippen LogP contribution in [0.2, 0.25) is 0 Å². The van der Waals surface area contributed by atoms with Crippen molar-refractivity contribution in [2.75, 3.05) is 13.1 Å². The van der Waals surface area contributed by atoms with Crippen LogP contribution < -0.4 is 10.0 Å². The Bertz CT molecular complexity index is 609. The van der Waals surface area contributed by atoms with Gasteiger partial charge in [-0.1, -0.05) is 18.2 Å². The highest BCUT2D eigenvalue weighted by Gasteiger charge is 2.20. The Morgan fingerprint density at radius 3 is 2.55 bits per heavy atom. The van der Waals surface area contributed by atoms with E-state index in [1.807, 2.05) is 24.3 Å². The van der Waals surface area contributed by atoms with E-state index in [0.717, 1.165) is 24.0 Å². The highest BCUT2D eigenvalue weighted by molar-refractivity contribution is 5.93. The normalized spacial score (nSPS) is 17.2. The van der Waals surface area contributed by atoms with Gasteiger partial charge in [0.05, 0.1) is 18.7 Å². The molecule has 0 radical (unpaired) electrons. The number of carboxylic acids is 1. The van der Waals surface area contributed by atoms with Crippen LogP contribution in [0.25, 0.3) is 11.0 Å². The molecule has 4 heteroatoms. The van der Waals surface area contributed by atoms with Crippen LogP contribution in [0.15, 0.2) is 28.7 Å². The second-order valence-corrected chi connectivity index (χ2v) is 5.53. The van der Waals surface area contributed by atoms with Crippen molar-refractivity contribution in [1.29, 1.82) is 0 Å². The number of nitrogens with one attached hydrogen (secondary N) is 1. The van der Waals surface area contributed by atoms with Crippen molar-refractivity contribution in [3.63, 3.8) is 0 Å². The lowest BCUT2D eigenvalue weighted by Gasteiger charge is -2.17. The van der Waals surface area contributed by atoms with Gasteiger partial charge in [-0.05, 0) is 31.7 Å². The summed E-state index contributed by atoms with van der Waals surface area (Å²) in [6, 6.07) is 7.51. The summed E-state index contributed by atoms with van der Waals surface area (Å²) < 4.78 is 5.46. The number of hydrogen-bond donors (Lipinski definition) is 1. The Balaban J connectivity index is 1.95. The molecule has 1 aliphatic heterocycles. The highest BCUT2D eigenvalue weighted by Crippen LogP contribution is 2.25. The third-order valence-corrected chi connectivity index (χ3v) is 4.12. The summed E-state index contributed by atoms with van der Waals surface area (Å²) in [5.41, 5.74) is 1.42. The van der Waals surface area contributed by atoms with Gasteiger partial charge in [0.15, 0.2) is 5.76 Å². The lowest BCUT2D eigenvalue weighted by atomic mass is 10.1. The first-order valence-corrected chi connectivity index (χ1v) is 7.31. The number of fused-ring (bicyclic) bond motifs is 1. The summed E-state index contributed by atoms with van der Waals surface area (Å²) in [6.45, 7) is 2.91. The molecule has 2 heterocycles. The van der Waals surface area contributed by atoms with Crippen molar-refractivity contribution in [3.05, 3.63) is 35.6 Å². The maximum Gasteiger partial charge on any atom is 0.159 e. The molecule has 2 aromatic rings.